The van der Waals surface area contributed by atoms with Gasteiger partial charge in [0, 0.05) is 25.5 Å². The predicted molar refractivity (Wildman–Crippen MR) is 154 cm³/mol. The second kappa shape index (κ2) is 15.9. The summed E-state index contributed by atoms with van der Waals surface area (Å²) >= 11 is 1.66. The van der Waals surface area contributed by atoms with Crippen molar-refractivity contribution in [1.29, 1.82) is 0 Å². The number of aliphatic carboxylic acids is 1. The molecule has 11 nitrogen and oxygen atoms in total. The molecule has 0 spiro atoms. The van der Waals surface area contributed by atoms with Crippen molar-refractivity contribution >= 4 is 29.5 Å². The molecule has 1 aliphatic heterocycles. The van der Waals surface area contributed by atoms with Crippen LogP contribution in [0.3, 0.4) is 0 Å². The summed E-state index contributed by atoms with van der Waals surface area (Å²) in [7, 11) is 0. The van der Waals surface area contributed by atoms with Crippen molar-refractivity contribution in [2.45, 2.75) is 101 Å². The number of carbonyl (C=O) groups excluding carboxylic acids is 2. The van der Waals surface area contributed by atoms with E-state index < -0.39 is 60.4 Å². The molecule has 2 unspecified atom stereocenters. The highest BCUT2D eigenvalue weighted by Crippen LogP contribution is 2.34. The van der Waals surface area contributed by atoms with Gasteiger partial charge in [0.2, 0.25) is 5.91 Å². The minimum absolute atomic E-state index is 0.0256. The monoisotopic (exact) mass is 596 g/mol. The number of aliphatic hydroxyl groups excluding tert-OH is 3. The number of thioether (sulfide) groups is 1. The van der Waals surface area contributed by atoms with E-state index in [4.69, 9.17) is 9.47 Å². The topological polar surface area (TPSA) is 175 Å². The minimum Gasteiger partial charge on any atom is -0.477 e. The SMILES string of the molecule is CCSCCCO[C@]1(C(=O)O)CC(O)[C@@H](NC(C)=O)[C@H](C(O)[C@H](O)CNC(=O)c2ccc(C3CCCCC3)cc2)O1. The number of nitrogens with one attached hydrogen (secondary N) is 2. The largest absolute Gasteiger partial charge is 0.477 e. The van der Waals surface area contributed by atoms with Gasteiger partial charge in [-0.05, 0) is 54.4 Å². The highest BCUT2D eigenvalue weighted by molar-refractivity contribution is 7.99. The Kier molecular flexibility index (Phi) is 12.9. The molecule has 6 atom stereocenters. The van der Waals surface area contributed by atoms with Crippen molar-refractivity contribution < 1.29 is 44.3 Å². The van der Waals surface area contributed by atoms with E-state index in [0.29, 0.717) is 17.9 Å². The maximum absolute atomic E-state index is 12.8. The van der Waals surface area contributed by atoms with E-state index in [0.717, 1.165) is 24.3 Å². The van der Waals surface area contributed by atoms with Crippen molar-refractivity contribution in [2.24, 2.45) is 0 Å². The first-order valence-electron chi connectivity index (χ1n) is 14.4. The van der Waals surface area contributed by atoms with Crippen LogP contribution in [0.1, 0.15) is 80.6 Å². The number of carbonyl (C=O) groups is 3. The molecule has 1 saturated heterocycles. The van der Waals surface area contributed by atoms with E-state index in [-0.39, 0.29) is 13.2 Å². The molecule has 2 amide bonds. The first-order chi connectivity index (χ1) is 19.6. The normalized spacial score (nSPS) is 26.6. The van der Waals surface area contributed by atoms with Crippen LogP contribution in [0.5, 0.6) is 0 Å². The summed E-state index contributed by atoms with van der Waals surface area (Å²) in [6.07, 6.45) is -0.434. The number of amides is 2. The Morgan fingerprint density at radius 3 is 2.44 bits per heavy atom. The number of benzene rings is 1. The fraction of sp³-hybridized carbons (Fsp3) is 0.690. The Balaban J connectivity index is 1.66. The van der Waals surface area contributed by atoms with Crippen LogP contribution in [0.25, 0.3) is 0 Å². The number of carboxylic acids is 1. The van der Waals surface area contributed by atoms with E-state index in [1.807, 2.05) is 19.1 Å². The van der Waals surface area contributed by atoms with Crippen molar-refractivity contribution in [2.75, 3.05) is 24.7 Å². The van der Waals surface area contributed by atoms with Gasteiger partial charge in [0.25, 0.3) is 11.7 Å². The molecule has 41 heavy (non-hydrogen) atoms. The lowest BCUT2D eigenvalue weighted by atomic mass is 9.84. The number of hydrogen-bond donors (Lipinski definition) is 6. The molecular weight excluding hydrogens is 552 g/mol. The van der Waals surface area contributed by atoms with Crippen molar-refractivity contribution in [1.82, 2.24) is 10.6 Å². The Labute approximate surface area is 245 Å². The Hall–Kier alpha value is -2.22. The molecular formula is C29H44N2O9S. The van der Waals surface area contributed by atoms with Crippen LogP contribution in [0, 0.1) is 0 Å². The summed E-state index contributed by atoms with van der Waals surface area (Å²) in [4.78, 5) is 36.8. The maximum atomic E-state index is 12.8. The van der Waals surface area contributed by atoms with Crippen molar-refractivity contribution in [3.05, 3.63) is 35.4 Å². The molecule has 1 aromatic carbocycles. The van der Waals surface area contributed by atoms with Gasteiger partial charge in [-0.1, -0.05) is 38.3 Å². The standard InChI is InChI=1S/C29H44N2O9S/c1-3-41-15-7-14-39-29(28(37)38)16-22(33)24(31-18(2)32)26(40-29)25(35)23(34)17-30-27(36)21-12-10-20(11-13-21)19-8-5-4-6-9-19/h10-13,19,22-26,33-35H,3-9,14-17H2,1-2H3,(H,30,36)(H,31,32)(H,37,38)/t22?,23-,24-,25?,26-,29-/m1/s1. The minimum atomic E-state index is -2.29. The van der Waals surface area contributed by atoms with Gasteiger partial charge in [-0.3, -0.25) is 9.59 Å². The van der Waals surface area contributed by atoms with Gasteiger partial charge in [0.05, 0.1) is 24.9 Å². The van der Waals surface area contributed by atoms with Crippen LogP contribution in [0.15, 0.2) is 24.3 Å². The van der Waals surface area contributed by atoms with Crippen LogP contribution < -0.4 is 10.6 Å². The summed E-state index contributed by atoms with van der Waals surface area (Å²) < 4.78 is 11.3. The Bertz CT molecular complexity index is 1000. The summed E-state index contributed by atoms with van der Waals surface area (Å²) in [5, 5.41) is 47.6. The fourth-order valence-corrected chi connectivity index (χ4v) is 6.08. The van der Waals surface area contributed by atoms with Crippen LogP contribution in [0.4, 0.5) is 0 Å². The molecule has 6 N–H and O–H groups in total. The zero-order valence-corrected chi connectivity index (χ0v) is 24.6. The molecule has 12 heteroatoms. The van der Waals surface area contributed by atoms with Gasteiger partial charge >= 0.3 is 5.97 Å². The van der Waals surface area contributed by atoms with Crippen LogP contribution in [-0.4, -0.2) is 99.1 Å². The van der Waals surface area contributed by atoms with Crippen LogP contribution in [0.2, 0.25) is 0 Å². The molecule has 0 bridgehead atoms. The number of rotatable bonds is 14. The molecule has 230 valence electrons. The smallest absolute Gasteiger partial charge is 0.364 e. The number of aliphatic hydroxyl groups is 3. The van der Waals surface area contributed by atoms with E-state index in [1.54, 1.807) is 23.9 Å². The molecule has 0 radical (unpaired) electrons. The predicted octanol–water partition coefficient (Wildman–Crippen LogP) is 1.78. The van der Waals surface area contributed by atoms with Gasteiger partial charge < -0.3 is 40.5 Å². The molecule has 3 rings (SSSR count). The van der Waals surface area contributed by atoms with Crippen LogP contribution in [-0.2, 0) is 19.1 Å². The summed E-state index contributed by atoms with van der Waals surface area (Å²) in [6.45, 7) is 2.84. The quantitative estimate of drug-likeness (QED) is 0.174. The third kappa shape index (κ3) is 9.13. The average molecular weight is 597 g/mol. The first kappa shape index (κ1) is 33.3. The van der Waals surface area contributed by atoms with Gasteiger partial charge in [-0.25, -0.2) is 4.79 Å². The summed E-state index contributed by atoms with van der Waals surface area (Å²) in [5.74, 6) is -2.67. The molecule has 1 aromatic rings. The van der Waals surface area contributed by atoms with E-state index in [2.05, 4.69) is 10.6 Å². The van der Waals surface area contributed by atoms with Gasteiger partial charge in [0.15, 0.2) is 0 Å². The Morgan fingerprint density at radius 2 is 1.83 bits per heavy atom. The third-order valence-electron chi connectivity index (χ3n) is 7.69. The van der Waals surface area contributed by atoms with Crippen LogP contribution >= 0.6 is 11.8 Å². The zero-order chi connectivity index (χ0) is 30.0. The number of carboxylic acid groups (broad SMARTS) is 1. The highest BCUT2D eigenvalue weighted by atomic mass is 32.2. The van der Waals surface area contributed by atoms with Gasteiger partial charge in [-0.15, -0.1) is 0 Å². The van der Waals surface area contributed by atoms with Crippen molar-refractivity contribution in [3.8, 4) is 0 Å². The van der Waals surface area contributed by atoms with Crippen molar-refractivity contribution in [3.63, 3.8) is 0 Å². The summed E-state index contributed by atoms with van der Waals surface area (Å²) in [5.41, 5.74) is 1.59. The second-order valence-corrected chi connectivity index (χ2v) is 12.2. The average Bonchev–Trinajstić information content (AvgIpc) is 2.96. The molecule has 1 heterocycles. The highest BCUT2D eigenvalue weighted by Gasteiger charge is 2.55. The number of hydrogen-bond acceptors (Lipinski definition) is 9. The summed E-state index contributed by atoms with van der Waals surface area (Å²) in [6, 6.07) is 6.11. The second-order valence-electron chi connectivity index (χ2n) is 10.8. The molecule has 1 aliphatic carbocycles. The molecule has 1 saturated carbocycles. The Morgan fingerprint density at radius 1 is 1.15 bits per heavy atom. The lowest BCUT2D eigenvalue weighted by molar-refractivity contribution is -0.310. The number of ether oxygens (including phenoxy) is 2. The van der Waals surface area contributed by atoms with E-state index in [9.17, 15) is 34.8 Å². The lowest BCUT2D eigenvalue weighted by Gasteiger charge is -2.46. The fourth-order valence-electron chi connectivity index (χ4n) is 5.47. The maximum Gasteiger partial charge on any atom is 0.364 e. The molecule has 0 aromatic heterocycles. The van der Waals surface area contributed by atoms with E-state index in [1.165, 1.54) is 31.7 Å². The molecule has 2 aliphatic rings. The molecule has 2 fully saturated rings. The lowest BCUT2D eigenvalue weighted by Crippen LogP contribution is -2.68. The first-order valence-corrected chi connectivity index (χ1v) is 15.6. The third-order valence-corrected chi connectivity index (χ3v) is 8.68. The van der Waals surface area contributed by atoms with E-state index >= 15 is 0 Å². The van der Waals surface area contributed by atoms with Gasteiger partial charge in [-0.2, -0.15) is 11.8 Å². The zero-order valence-electron chi connectivity index (χ0n) is 23.8. The van der Waals surface area contributed by atoms with Gasteiger partial charge in [0.1, 0.15) is 12.2 Å².